The number of para-hydroxylation sites is 1. The summed E-state index contributed by atoms with van der Waals surface area (Å²) < 4.78 is 16.0. The molecule has 0 aliphatic carbocycles. The highest BCUT2D eigenvalue weighted by atomic mass is 19.1. The first-order valence-electron chi connectivity index (χ1n) is 7.06. The van der Waals surface area contributed by atoms with Crippen LogP contribution in [0.2, 0.25) is 0 Å². The van der Waals surface area contributed by atoms with E-state index >= 15 is 0 Å². The quantitative estimate of drug-likeness (QED) is 0.665. The molecule has 0 amide bonds. The van der Waals surface area contributed by atoms with E-state index in [1.165, 1.54) is 6.07 Å². The van der Waals surface area contributed by atoms with Crippen molar-refractivity contribution in [3.63, 3.8) is 0 Å². The van der Waals surface area contributed by atoms with Crippen LogP contribution in [-0.4, -0.2) is 9.55 Å². The Morgan fingerprint density at radius 3 is 2.48 bits per heavy atom. The molecule has 0 bridgehead atoms. The maximum atomic E-state index is 13.9. The Hall–Kier alpha value is -2.42. The highest BCUT2D eigenvalue weighted by molar-refractivity contribution is 5.80. The Labute approximate surface area is 123 Å². The predicted octanol–water partition coefficient (Wildman–Crippen LogP) is 4.93. The molecule has 1 heterocycles. The Morgan fingerprint density at radius 1 is 1.00 bits per heavy atom. The first-order valence-corrected chi connectivity index (χ1v) is 7.06. The molecule has 106 valence electrons. The number of hydrogen-bond donors (Lipinski definition) is 0. The molecule has 0 fully saturated rings. The summed E-state index contributed by atoms with van der Waals surface area (Å²) in [5.74, 6) is 0.496. The number of rotatable bonds is 3. The lowest BCUT2D eigenvalue weighted by Gasteiger charge is -2.10. The van der Waals surface area contributed by atoms with Crippen molar-refractivity contribution >= 4 is 23.2 Å². The molecule has 0 N–H and O–H groups in total. The van der Waals surface area contributed by atoms with Crippen LogP contribution in [0.5, 0.6) is 0 Å². The molecule has 3 aromatic rings. The molecule has 0 unspecified atom stereocenters. The summed E-state index contributed by atoms with van der Waals surface area (Å²) in [6.45, 7) is 4.15. The van der Waals surface area contributed by atoms with Gasteiger partial charge in [-0.2, -0.15) is 0 Å². The van der Waals surface area contributed by atoms with Crippen molar-refractivity contribution in [1.82, 2.24) is 9.55 Å². The molecule has 0 atom stereocenters. The zero-order valence-electron chi connectivity index (χ0n) is 12.1. The average molecular weight is 280 g/mol. The minimum Gasteiger partial charge on any atom is -0.322 e. The van der Waals surface area contributed by atoms with Gasteiger partial charge in [-0.1, -0.05) is 42.5 Å². The van der Waals surface area contributed by atoms with E-state index in [0.717, 1.165) is 16.9 Å². The summed E-state index contributed by atoms with van der Waals surface area (Å²) >= 11 is 0. The van der Waals surface area contributed by atoms with Crippen LogP contribution in [0.4, 0.5) is 4.39 Å². The topological polar surface area (TPSA) is 17.8 Å². The van der Waals surface area contributed by atoms with Crippen LogP contribution in [-0.2, 0) is 0 Å². The normalized spacial score (nSPS) is 11.8. The smallest absolute Gasteiger partial charge is 0.151 e. The van der Waals surface area contributed by atoms with E-state index in [1.807, 2.05) is 48.6 Å². The molecule has 2 aromatic carbocycles. The van der Waals surface area contributed by atoms with Gasteiger partial charge in [0.25, 0.3) is 0 Å². The van der Waals surface area contributed by atoms with Gasteiger partial charge in [-0.25, -0.2) is 9.37 Å². The number of benzene rings is 2. The molecule has 0 saturated carbocycles. The third-order valence-corrected chi connectivity index (χ3v) is 3.44. The van der Waals surface area contributed by atoms with Crippen molar-refractivity contribution in [1.29, 1.82) is 0 Å². The van der Waals surface area contributed by atoms with Crippen molar-refractivity contribution in [3.05, 3.63) is 65.7 Å². The molecule has 0 saturated heterocycles. The highest BCUT2D eigenvalue weighted by Crippen LogP contribution is 2.24. The standard InChI is InChI=1S/C18H17FN2/c1-13(2)21-16-10-6-9-15(19)18(16)20-17(21)12-11-14-7-4-3-5-8-14/h3-13H,1-2H3. The number of aromatic nitrogens is 2. The number of nitrogens with zero attached hydrogens (tertiary/aromatic N) is 2. The zero-order chi connectivity index (χ0) is 14.8. The Bertz CT molecular complexity index is 786. The lowest BCUT2D eigenvalue weighted by atomic mass is 10.2. The summed E-state index contributed by atoms with van der Waals surface area (Å²) in [5, 5.41) is 0. The fourth-order valence-corrected chi connectivity index (χ4v) is 2.50. The van der Waals surface area contributed by atoms with Crippen LogP contribution in [0.3, 0.4) is 0 Å². The van der Waals surface area contributed by atoms with Gasteiger partial charge in [0.1, 0.15) is 11.3 Å². The molecule has 3 rings (SSSR count). The van der Waals surface area contributed by atoms with E-state index in [4.69, 9.17) is 0 Å². The Balaban J connectivity index is 2.12. The van der Waals surface area contributed by atoms with Crippen molar-refractivity contribution in [3.8, 4) is 0 Å². The zero-order valence-corrected chi connectivity index (χ0v) is 12.1. The number of imidazole rings is 1. The first-order chi connectivity index (χ1) is 10.2. The number of halogens is 1. The SMILES string of the molecule is CC(C)n1c(C=Cc2ccccc2)nc2c(F)cccc21. The monoisotopic (exact) mass is 280 g/mol. The number of hydrogen-bond acceptors (Lipinski definition) is 1. The van der Waals surface area contributed by atoms with Gasteiger partial charge in [0.2, 0.25) is 0 Å². The minimum atomic E-state index is -0.277. The van der Waals surface area contributed by atoms with Crippen molar-refractivity contribution in [2.45, 2.75) is 19.9 Å². The van der Waals surface area contributed by atoms with Crippen molar-refractivity contribution in [2.24, 2.45) is 0 Å². The van der Waals surface area contributed by atoms with E-state index in [2.05, 4.69) is 23.4 Å². The fraction of sp³-hybridized carbons (Fsp3) is 0.167. The molecule has 2 nitrogen and oxygen atoms in total. The van der Waals surface area contributed by atoms with Crippen LogP contribution in [0.25, 0.3) is 23.2 Å². The molecular formula is C18H17FN2. The van der Waals surface area contributed by atoms with Crippen LogP contribution < -0.4 is 0 Å². The Kier molecular flexibility index (Phi) is 3.57. The molecular weight excluding hydrogens is 263 g/mol. The van der Waals surface area contributed by atoms with Gasteiger partial charge in [-0.05, 0) is 37.6 Å². The minimum absolute atomic E-state index is 0.215. The van der Waals surface area contributed by atoms with E-state index in [-0.39, 0.29) is 11.9 Å². The maximum absolute atomic E-state index is 13.9. The largest absolute Gasteiger partial charge is 0.322 e. The van der Waals surface area contributed by atoms with E-state index in [1.54, 1.807) is 6.07 Å². The van der Waals surface area contributed by atoms with Gasteiger partial charge >= 0.3 is 0 Å². The van der Waals surface area contributed by atoms with Gasteiger partial charge in [-0.3, -0.25) is 0 Å². The summed E-state index contributed by atoms with van der Waals surface area (Å²) in [4.78, 5) is 4.45. The van der Waals surface area contributed by atoms with Gasteiger partial charge in [0, 0.05) is 6.04 Å². The first kappa shape index (κ1) is 13.6. The summed E-state index contributed by atoms with van der Waals surface area (Å²) in [5.41, 5.74) is 2.36. The molecule has 21 heavy (non-hydrogen) atoms. The summed E-state index contributed by atoms with van der Waals surface area (Å²) in [6.07, 6.45) is 3.94. The maximum Gasteiger partial charge on any atom is 0.151 e. The second-order valence-corrected chi connectivity index (χ2v) is 5.29. The third kappa shape index (κ3) is 2.59. The van der Waals surface area contributed by atoms with Gasteiger partial charge in [0.05, 0.1) is 5.52 Å². The molecule has 3 heteroatoms. The van der Waals surface area contributed by atoms with Gasteiger partial charge in [-0.15, -0.1) is 0 Å². The molecule has 1 aromatic heterocycles. The van der Waals surface area contributed by atoms with E-state index in [0.29, 0.717) is 5.52 Å². The second kappa shape index (κ2) is 5.52. The highest BCUT2D eigenvalue weighted by Gasteiger charge is 2.13. The number of fused-ring (bicyclic) bond motifs is 1. The lowest BCUT2D eigenvalue weighted by molar-refractivity contribution is 0.612. The van der Waals surface area contributed by atoms with Crippen molar-refractivity contribution < 1.29 is 4.39 Å². The predicted molar refractivity (Wildman–Crippen MR) is 85.4 cm³/mol. The fourth-order valence-electron chi connectivity index (χ4n) is 2.50. The average Bonchev–Trinajstić information content (AvgIpc) is 2.86. The van der Waals surface area contributed by atoms with Crippen LogP contribution in [0.1, 0.15) is 31.3 Å². The van der Waals surface area contributed by atoms with Gasteiger partial charge < -0.3 is 4.57 Å². The molecule has 0 spiro atoms. The Morgan fingerprint density at radius 2 is 1.76 bits per heavy atom. The second-order valence-electron chi connectivity index (χ2n) is 5.29. The van der Waals surface area contributed by atoms with Crippen molar-refractivity contribution in [2.75, 3.05) is 0 Å². The molecule has 0 aliphatic heterocycles. The van der Waals surface area contributed by atoms with E-state index in [9.17, 15) is 4.39 Å². The summed E-state index contributed by atoms with van der Waals surface area (Å²) in [7, 11) is 0. The summed E-state index contributed by atoms with van der Waals surface area (Å²) in [6, 6.07) is 15.3. The lowest BCUT2D eigenvalue weighted by Crippen LogP contribution is -2.02. The molecule has 0 radical (unpaired) electrons. The third-order valence-electron chi connectivity index (χ3n) is 3.44. The van der Waals surface area contributed by atoms with Crippen LogP contribution in [0.15, 0.2) is 48.5 Å². The molecule has 0 aliphatic rings. The van der Waals surface area contributed by atoms with Crippen LogP contribution in [0, 0.1) is 5.82 Å². The van der Waals surface area contributed by atoms with E-state index < -0.39 is 0 Å². The van der Waals surface area contributed by atoms with Gasteiger partial charge in [0.15, 0.2) is 5.82 Å². The van der Waals surface area contributed by atoms with Crippen LogP contribution >= 0.6 is 0 Å².